The van der Waals surface area contributed by atoms with Crippen LogP contribution in [0.1, 0.15) is 0 Å². The van der Waals surface area contributed by atoms with Crippen LogP contribution < -0.4 is 0 Å². The minimum absolute atomic E-state index is 0.669. The maximum Gasteiger partial charge on any atom is 0.166 e. The zero-order valence-electron chi connectivity index (χ0n) is 7.79. The van der Waals surface area contributed by atoms with Crippen molar-refractivity contribution >= 4 is 46.7 Å². The number of H-pyrrole nitrogens is 1. The molecule has 1 heterocycles. The molecular formula is C9H9NOS3. The van der Waals surface area contributed by atoms with Gasteiger partial charge in [0.1, 0.15) is 4.64 Å². The smallest absolute Gasteiger partial charge is 0.166 e. The lowest BCUT2D eigenvalue weighted by Gasteiger charge is -2.02. The average Bonchev–Trinajstić information content (AvgIpc) is 2.58. The molecule has 1 aromatic heterocycles. The topological polar surface area (TPSA) is 28.9 Å². The van der Waals surface area contributed by atoms with Crippen molar-refractivity contribution in [3.05, 3.63) is 16.8 Å². The first kappa shape index (κ1) is 10.1. The third-order valence-electron chi connectivity index (χ3n) is 1.98. The second-order valence-corrected chi connectivity index (χ2v) is 4.84. The van der Waals surface area contributed by atoms with E-state index < -0.39 is 0 Å². The lowest BCUT2D eigenvalue weighted by atomic mass is 10.3. The third-order valence-corrected chi connectivity index (χ3v) is 3.97. The number of fused-ring (bicyclic) bond motifs is 1. The Bertz CT molecular complexity index is 514. The van der Waals surface area contributed by atoms with E-state index in [1.807, 2.05) is 6.07 Å². The van der Waals surface area contributed by atoms with Gasteiger partial charge >= 0.3 is 0 Å². The minimum Gasteiger partial charge on any atom is -0.381 e. The van der Waals surface area contributed by atoms with E-state index >= 15 is 0 Å². The molecule has 1 aromatic carbocycles. The fourth-order valence-electron chi connectivity index (χ4n) is 1.28. The summed E-state index contributed by atoms with van der Waals surface area (Å²) in [4.78, 5) is 2.47. The van der Waals surface area contributed by atoms with Crippen LogP contribution in [0, 0.1) is 4.64 Å². The van der Waals surface area contributed by atoms with Crippen molar-refractivity contribution in [2.45, 2.75) is 9.79 Å². The molecule has 0 bridgehead atoms. The zero-order chi connectivity index (χ0) is 10.1. The summed E-state index contributed by atoms with van der Waals surface area (Å²) >= 11 is 8.55. The summed E-state index contributed by atoms with van der Waals surface area (Å²) in [6.07, 6.45) is 4.12. The monoisotopic (exact) mass is 243 g/mol. The van der Waals surface area contributed by atoms with Gasteiger partial charge in [0.25, 0.3) is 0 Å². The van der Waals surface area contributed by atoms with Gasteiger partial charge in [0.15, 0.2) is 5.58 Å². The summed E-state index contributed by atoms with van der Waals surface area (Å²) < 4.78 is 5.91. The molecule has 2 rings (SSSR count). The zero-order valence-corrected chi connectivity index (χ0v) is 10.2. The number of hydrogen-bond acceptors (Lipinski definition) is 4. The molecule has 0 saturated heterocycles. The summed E-state index contributed by atoms with van der Waals surface area (Å²) in [5.41, 5.74) is 0.831. The molecule has 0 radical (unpaired) electrons. The molecule has 1 N–H and O–H groups in total. The van der Waals surface area contributed by atoms with E-state index in [-0.39, 0.29) is 0 Å². The molecule has 14 heavy (non-hydrogen) atoms. The van der Waals surface area contributed by atoms with Crippen molar-refractivity contribution in [1.82, 2.24) is 5.16 Å². The van der Waals surface area contributed by atoms with Crippen molar-refractivity contribution in [2.24, 2.45) is 0 Å². The molecule has 74 valence electrons. The van der Waals surface area contributed by atoms with Crippen LogP contribution in [0.4, 0.5) is 0 Å². The van der Waals surface area contributed by atoms with E-state index in [9.17, 15) is 0 Å². The lowest BCUT2D eigenvalue weighted by Crippen LogP contribution is -1.77. The molecular weight excluding hydrogens is 234 g/mol. The molecule has 0 saturated carbocycles. The van der Waals surface area contributed by atoms with Crippen LogP contribution in [-0.2, 0) is 0 Å². The van der Waals surface area contributed by atoms with E-state index in [1.165, 1.54) is 9.79 Å². The van der Waals surface area contributed by atoms with Crippen LogP contribution in [0.3, 0.4) is 0 Å². The summed E-state index contributed by atoms with van der Waals surface area (Å²) in [5, 5.41) is 3.69. The van der Waals surface area contributed by atoms with Crippen LogP contribution in [-0.4, -0.2) is 17.7 Å². The van der Waals surface area contributed by atoms with E-state index in [4.69, 9.17) is 16.7 Å². The van der Waals surface area contributed by atoms with Crippen molar-refractivity contribution in [3.63, 3.8) is 0 Å². The van der Waals surface area contributed by atoms with Gasteiger partial charge in [-0.15, -0.1) is 23.5 Å². The van der Waals surface area contributed by atoms with E-state index in [0.29, 0.717) is 4.64 Å². The Morgan fingerprint density at radius 1 is 1.21 bits per heavy atom. The summed E-state index contributed by atoms with van der Waals surface area (Å²) in [5.74, 6) is 0. The maximum absolute atomic E-state index is 5.24. The number of nitrogens with one attached hydrogen (secondary N) is 1. The molecule has 0 spiro atoms. The van der Waals surface area contributed by atoms with Crippen molar-refractivity contribution < 1.29 is 4.52 Å². The molecule has 0 aliphatic rings. The second kappa shape index (κ2) is 4.00. The molecule has 0 atom stereocenters. The number of hydrogen-bond donors (Lipinski definition) is 1. The first-order valence-corrected chi connectivity index (χ1v) is 6.85. The molecule has 2 nitrogen and oxygen atoms in total. The number of benzene rings is 1. The molecule has 0 aliphatic carbocycles. The van der Waals surface area contributed by atoms with Gasteiger partial charge in [-0.25, -0.2) is 5.16 Å². The van der Waals surface area contributed by atoms with Gasteiger partial charge in [-0.2, -0.15) is 0 Å². The van der Waals surface area contributed by atoms with Gasteiger partial charge in [0.2, 0.25) is 0 Å². The Labute approximate surface area is 95.4 Å². The first-order valence-electron chi connectivity index (χ1n) is 3.99. The van der Waals surface area contributed by atoms with Crippen LogP contribution >= 0.6 is 35.7 Å². The van der Waals surface area contributed by atoms with E-state index in [1.54, 1.807) is 23.5 Å². The molecule has 0 amide bonds. The summed E-state index contributed by atoms with van der Waals surface area (Å²) in [6.45, 7) is 0. The second-order valence-electron chi connectivity index (χ2n) is 2.74. The normalized spacial score (nSPS) is 11.0. The maximum atomic E-state index is 5.24. The van der Waals surface area contributed by atoms with Crippen LogP contribution in [0.15, 0.2) is 26.4 Å². The highest BCUT2D eigenvalue weighted by Crippen LogP contribution is 2.32. The minimum atomic E-state index is 0.669. The Morgan fingerprint density at radius 3 is 2.50 bits per heavy atom. The third kappa shape index (κ3) is 1.60. The Kier molecular flexibility index (Phi) is 2.90. The van der Waals surface area contributed by atoms with Crippen molar-refractivity contribution in [1.29, 1.82) is 0 Å². The Balaban J connectivity index is 2.77. The highest BCUT2D eigenvalue weighted by atomic mass is 32.2. The van der Waals surface area contributed by atoms with Crippen LogP contribution in [0.25, 0.3) is 11.0 Å². The summed E-state index contributed by atoms with van der Waals surface area (Å²) in [6, 6.07) is 4.10. The first-order chi connectivity index (χ1) is 6.76. The number of aromatic nitrogens is 1. The SMILES string of the molecule is CSc1cc2o[nH]c(=S)c2cc1SC. The van der Waals surface area contributed by atoms with Crippen molar-refractivity contribution in [3.8, 4) is 0 Å². The lowest BCUT2D eigenvalue weighted by molar-refractivity contribution is 0.453. The molecule has 5 heteroatoms. The molecule has 0 fully saturated rings. The quantitative estimate of drug-likeness (QED) is 0.639. The predicted molar refractivity (Wildman–Crippen MR) is 65.0 cm³/mol. The molecule has 2 aromatic rings. The molecule has 0 aliphatic heterocycles. The number of aromatic amines is 1. The highest BCUT2D eigenvalue weighted by Gasteiger charge is 2.07. The van der Waals surface area contributed by atoms with Gasteiger partial charge in [-0.1, -0.05) is 12.2 Å². The van der Waals surface area contributed by atoms with E-state index in [2.05, 4.69) is 23.7 Å². The fraction of sp³-hybridized carbons (Fsp3) is 0.222. The van der Waals surface area contributed by atoms with Crippen LogP contribution in [0.2, 0.25) is 0 Å². The number of rotatable bonds is 2. The number of thioether (sulfide) groups is 2. The van der Waals surface area contributed by atoms with Gasteiger partial charge in [-0.05, 0) is 24.6 Å². The van der Waals surface area contributed by atoms with Gasteiger partial charge in [-0.3, -0.25) is 0 Å². The highest BCUT2D eigenvalue weighted by molar-refractivity contribution is 8.01. The Hall–Kier alpha value is -0.390. The van der Waals surface area contributed by atoms with Gasteiger partial charge < -0.3 is 4.52 Å². The van der Waals surface area contributed by atoms with Gasteiger partial charge in [0.05, 0.1) is 5.39 Å². The van der Waals surface area contributed by atoms with E-state index in [0.717, 1.165) is 11.0 Å². The largest absolute Gasteiger partial charge is 0.381 e. The van der Waals surface area contributed by atoms with Crippen molar-refractivity contribution in [2.75, 3.05) is 12.5 Å². The summed E-state index contributed by atoms with van der Waals surface area (Å²) in [7, 11) is 0. The van der Waals surface area contributed by atoms with Crippen LogP contribution in [0.5, 0.6) is 0 Å². The molecule has 0 unspecified atom stereocenters. The van der Waals surface area contributed by atoms with Gasteiger partial charge in [0, 0.05) is 9.79 Å². The fourth-order valence-corrected chi connectivity index (χ4v) is 2.96. The standard InChI is InChI=1S/C9H9NOS3/c1-13-7-3-5-6(4-8(7)14-2)11-10-9(5)12/h3-4H,1-2H3,(H,10,12). The predicted octanol–water partition coefficient (Wildman–Crippen LogP) is 3.93. The Morgan fingerprint density at radius 2 is 1.86 bits per heavy atom. The average molecular weight is 243 g/mol.